The van der Waals surface area contributed by atoms with E-state index in [-0.39, 0.29) is 5.56 Å². The number of anilines is 1. The highest BCUT2D eigenvalue weighted by Crippen LogP contribution is 2.25. The van der Waals surface area contributed by atoms with Crippen molar-refractivity contribution in [2.24, 2.45) is 0 Å². The van der Waals surface area contributed by atoms with Gasteiger partial charge in [-0.15, -0.1) is 13.2 Å². The first-order valence-corrected chi connectivity index (χ1v) is 9.69. The molecule has 33 heavy (non-hydrogen) atoms. The summed E-state index contributed by atoms with van der Waals surface area (Å²) in [5.74, 6) is 0.965. The number of benzene rings is 2. The number of nitrogens with zero attached hydrogens (tertiary/aromatic N) is 3. The van der Waals surface area contributed by atoms with Gasteiger partial charge in [0.15, 0.2) is 0 Å². The summed E-state index contributed by atoms with van der Waals surface area (Å²) >= 11 is 0. The fourth-order valence-electron chi connectivity index (χ4n) is 2.96. The molecule has 0 atom stereocenters. The molecule has 0 saturated heterocycles. The Balaban J connectivity index is 1.43. The monoisotopic (exact) mass is 454 g/mol. The van der Waals surface area contributed by atoms with Gasteiger partial charge in [-0.1, -0.05) is 6.07 Å². The van der Waals surface area contributed by atoms with Crippen LogP contribution in [0.4, 0.5) is 18.9 Å². The average molecular weight is 454 g/mol. The Morgan fingerprint density at radius 3 is 2.36 bits per heavy atom. The van der Waals surface area contributed by atoms with Gasteiger partial charge in [-0.05, 0) is 61.5 Å². The molecule has 168 valence electrons. The summed E-state index contributed by atoms with van der Waals surface area (Å²) in [4.78, 5) is 21.0. The maximum Gasteiger partial charge on any atom is 0.573 e. The van der Waals surface area contributed by atoms with Gasteiger partial charge >= 0.3 is 6.36 Å². The lowest BCUT2D eigenvalue weighted by molar-refractivity contribution is -0.274. The van der Waals surface area contributed by atoms with Gasteiger partial charge in [0.2, 0.25) is 5.88 Å². The molecule has 2 aromatic carbocycles. The first kappa shape index (κ1) is 21.9. The van der Waals surface area contributed by atoms with E-state index in [1.807, 2.05) is 29.1 Å². The van der Waals surface area contributed by atoms with E-state index in [1.54, 1.807) is 37.3 Å². The second-order valence-electron chi connectivity index (χ2n) is 6.86. The van der Waals surface area contributed by atoms with E-state index >= 15 is 0 Å². The molecular formula is C23H17F3N4O3. The van der Waals surface area contributed by atoms with Crippen molar-refractivity contribution in [3.05, 3.63) is 90.5 Å². The summed E-state index contributed by atoms with van der Waals surface area (Å²) in [6.07, 6.45) is -1.13. The highest BCUT2D eigenvalue weighted by molar-refractivity contribution is 6.04. The number of nitrogens with one attached hydrogen (secondary N) is 1. The number of hydrogen-bond donors (Lipinski definition) is 1. The van der Waals surface area contributed by atoms with Crippen molar-refractivity contribution in [1.82, 2.24) is 14.5 Å². The number of amides is 1. The van der Waals surface area contributed by atoms with Crippen LogP contribution in [0.3, 0.4) is 0 Å². The molecule has 1 amide bonds. The molecule has 0 bridgehead atoms. The van der Waals surface area contributed by atoms with E-state index in [2.05, 4.69) is 20.0 Å². The second kappa shape index (κ2) is 9.03. The maximum atomic E-state index is 12.4. The van der Waals surface area contributed by atoms with Gasteiger partial charge in [0.25, 0.3) is 5.91 Å². The van der Waals surface area contributed by atoms with Crippen molar-refractivity contribution in [1.29, 1.82) is 0 Å². The standard InChI is InChI=1S/C23H17F3N4O3/c1-15-27-20(30-11-2-3-12-30)14-21(28-15)32-18-9-7-17(8-10-18)29-22(31)16-5-4-6-19(13-16)33-23(24,25)26/h2-14H,1H3,(H,29,31). The third-order valence-corrected chi connectivity index (χ3v) is 4.33. The third-order valence-electron chi connectivity index (χ3n) is 4.33. The molecule has 2 heterocycles. The molecule has 0 aliphatic heterocycles. The fourth-order valence-corrected chi connectivity index (χ4v) is 2.96. The van der Waals surface area contributed by atoms with Crippen LogP contribution in [0.1, 0.15) is 16.2 Å². The molecule has 4 rings (SSSR count). The largest absolute Gasteiger partial charge is 0.573 e. The molecule has 7 nitrogen and oxygen atoms in total. The topological polar surface area (TPSA) is 78.3 Å². The zero-order chi connectivity index (χ0) is 23.4. The number of hydrogen-bond acceptors (Lipinski definition) is 5. The first-order valence-electron chi connectivity index (χ1n) is 9.69. The summed E-state index contributed by atoms with van der Waals surface area (Å²) in [5, 5.41) is 2.62. The number of alkyl halides is 3. The van der Waals surface area contributed by atoms with Crippen LogP contribution < -0.4 is 14.8 Å². The highest BCUT2D eigenvalue weighted by Gasteiger charge is 2.31. The van der Waals surface area contributed by atoms with E-state index in [4.69, 9.17) is 4.74 Å². The number of rotatable bonds is 6. The zero-order valence-corrected chi connectivity index (χ0v) is 17.2. The number of halogens is 3. The van der Waals surface area contributed by atoms with E-state index in [9.17, 15) is 18.0 Å². The molecule has 0 spiro atoms. The molecule has 0 aliphatic rings. The third kappa shape index (κ3) is 5.88. The molecule has 0 fully saturated rings. The van der Waals surface area contributed by atoms with Gasteiger partial charge in [0, 0.05) is 29.7 Å². The number of ether oxygens (including phenoxy) is 2. The average Bonchev–Trinajstić information content (AvgIpc) is 3.29. The van der Waals surface area contributed by atoms with Crippen molar-refractivity contribution >= 4 is 11.6 Å². The maximum absolute atomic E-state index is 12.4. The van der Waals surface area contributed by atoms with Crippen molar-refractivity contribution in [2.45, 2.75) is 13.3 Å². The Kier molecular flexibility index (Phi) is 5.99. The van der Waals surface area contributed by atoms with Crippen molar-refractivity contribution < 1.29 is 27.4 Å². The minimum Gasteiger partial charge on any atom is -0.439 e. The highest BCUT2D eigenvalue weighted by atomic mass is 19.4. The van der Waals surface area contributed by atoms with Gasteiger partial charge < -0.3 is 19.4 Å². The van der Waals surface area contributed by atoms with Crippen LogP contribution >= 0.6 is 0 Å². The minimum atomic E-state index is -4.84. The molecule has 4 aromatic rings. The molecule has 10 heteroatoms. The van der Waals surface area contributed by atoms with Gasteiger partial charge in [0.1, 0.15) is 23.1 Å². The Hall–Kier alpha value is -4.34. The molecule has 0 unspecified atom stereocenters. The lowest BCUT2D eigenvalue weighted by Crippen LogP contribution is -2.18. The van der Waals surface area contributed by atoms with Gasteiger partial charge in [0.05, 0.1) is 0 Å². The van der Waals surface area contributed by atoms with Crippen LogP contribution in [0.25, 0.3) is 5.82 Å². The Bertz CT molecular complexity index is 1260. The molecule has 0 saturated carbocycles. The summed E-state index contributed by atoms with van der Waals surface area (Å²) in [5.41, 5.74) is 0.451. The van der Waals surface area contributed by atoms with Gasteiger partial charge in [-0.3, -0.25) is 4.79 Å². The minimum absolute atomic E-state index is 0.0195. The Morgan fingerprint density at radius 1 is 0.939 bits per heavy atom. The van der Waals surface area contributed by atoms with Crippen LogP contribution in [0, 0.1) is 6.92 Å². The van der Waals surface area contributed by atoms with Gasteiger partial charge in [-0.2, -0.15) is 4.98 Å². The van der Waals surface area contributed by atoms with E-state index in [0.29, 0.717) is 29.0 Å². The van der Waals surface area contributed by atoms with Crippen molar-refractivity contribution in [3.63, 3.8) is 0 Å². The lowest BCUT2D eigenvalue weighted by atomic mass is 10.2. The molecule has 1 N–H and O–H groups in total. The number of aromatic nitrogens is 3. The number of carbonyl (C=O) groups excluding carboxylic acids is 1. The number of aryl methyl sites for hydroxylation is 1. The second-order valence-corrected chi connectivity index (χ2v) is 6.86. The van der Waals surface area contributed by atoms with Crippen LogP contribution in [0.2, 0.25) is 0 Å². The summed E-state index contributed by atoms with van der Waals surface area (Å²) in [7, 11) is 0. The predicted octanol–water partition coefficient (Wildman–Crippen LogP) is 5.52. The molecular weight excluding hydrogens is 437 g/mol. The van der Waals surface area contributed by atoms with Crippen molar-refractivity contribution in [3.8, 4) is 23.2 Å². The van der Waals surface area contributed by atoms with Crippen molar-refractivity contribution in [2.75, 3.05) is 5.32 Å². The molecule has 0 radical (unpaired) electrons. The van der Waals surface area contributed by atoms with Crippen LogP contribution in [-0.2, 0) is 0 Å². The quantitative estimate of drug-likeness (QED) is 0.415. The van der Waals surface area contributed by atoms with E-state index in [1.165, 1.54) is 12.1 Å². The van der Waals surface area contributed by atoms with Crippen LogP contribution in [0.5, 0.6) is 17.4 Å². The molecule has 0 aliphatic carbocycles. The molecule has 2 aromatic heterocycles. The van der Waals surface area contributed by atoms with Crippen LogP contribution in [0.15, 0.2) is 79.1 Å². The van der Waals surface area contributed by atoms with E-state index in [0.717, 1.165) is 12.1 Å². The summed E-state index contributed by atoms with van der Waals surface area (Å²) in [6, 6.07) is 16.7. The Morgan fingerprint density at radius 2 is 1.67 bits per heavy atom. The van der Waals surface area contributed by atoms with Crippen LogP contribution in [-0.4, -0.2) is 26.8 Å². The normalized spacial score (nSPS) is 11.2. The lowest BCUT2D eigenvalue weighted by Gasteiger charge is -2.11. The SMILES string of the molecule is Cc1nc(Oc2ccc(NC(=O)c3cccc(OC(F)(F)F)c3)cc2)cc(-n2cccc2)n1. The summed E-state index contributed by atoms with van der Waals surface area (Å²) < 4.78 is 48.6. The summed E-state index contributed by atoms with van der Waals surface area (Å²) in [6.45, 7) is 1.76. The fraction of sp³-hybridized carbons (Fsp3) is 0.0870. The smallest absolute Gasteiger partial charge is 0.439 e. The number of carbonyl (C=O) groups is 1. The first-order chi connectivity index (χ1) is 15.7. The predicted molar refractivity (Wildman–Crippen MR) is 114 cm³/mol. The zero-order valence-electron chi connectivity index (χ0n) is 17.2. The van der Waals surface area contributed by atoms with E-state index < -0.39 is 18.0 Å². The Labute approximate surface area is 186 Å². The van der Waals surface area contributed by atoms with Gasteiger partial charge in [-0.25, -0.2) is 4.98 Å².